The molecule has 0 N–H and O–H groups in total. The minimum absolute atomic E-state index is 0.0539. The van der Waals surface area contributed by atoms with Gasteiger partial charge in [-0.05, 0) is 46.0 Å². The number of carbonyl (C=O) groups is 1. The van der Waals surface area contributed by atoms with E-state index < -0.39 is 0 Å². The van der Waals surface area contributed by atoms with Crippen molar-refractivity contribution in [3.8, 4) is 0 Å². The van der Waals surface area contributed by atoms with Crippen LogP contribution in [0.3, 0.4) is 0 Å². The van der Waals surface area contributed by atoms with Gasteiger partial charge < -0.3 is 9.47 Å². The summed E-state index contributed by atoms with van der Waals surface area (Å²) < 4.78 is 11.5. The Hall–Kier alpha value is -0.570. The second kappa shape index (κ2) is 3.21. The van der Waals surface area contributed by atoms with Gasteiger partial charge in [-0.15, -0.1) is 0 Å². The first kappa shape index (κ1) is 10.9. The molecular formula is C12H20O3. The van der Waals surface area contributed by atoms with E-state index in [4.69, 9.17) is 9.47 Å². The van der Waals surface area contributed by atoms with Gasteiger partial charge in [0.15, 0.2) is 0 Å². The predicted octanol–water partition coefficient (Wildman–Crippen LogP) is 2.29. The number of hydrogen-bond donors (Lipinski definition) is 0. The Bertz CT molecular complexity index is 285. The largest absolute Gasteiger partial charge is 0.459 e. The molecule has 3 fully saturated rings. The van der Waals surface area contributed by atoms with Crippen LogP contribution < -0.4 is 0 Å². The van der Waals surface area contributed by atoms with Crippen LogP contribution in [0.4, 0.5) is 0 Å². The van der Waals surface area contributed by atoms with E-state index >= 15 is 0 Å². The number of rotatable bonds is 1. The Balaban J connectivity index is 2.17. The maximum absolute atomic E-state index is 11.0. The van der Waals surface area contributed by atoms with Gasteiger partial charge in [-0.3, -0.25) is 4.79 Å². The van der Waals surface area contributed by atoms with Gasteiger partial charge in [0.2, 0.25) is 0 Å². The van der Waals surface area contributed by atoms with E-state index in [9.17, 15) is 4.79 Å². The smallest absolute Gasteiger partial charge is 0.303 e. The molecule has 0 amide bonds. The highest BCUT2D eigenvalue weighted by Gasteiger charge is 2.55. The van der Waals surface area contributed by atoms with Crippen molar-refractivity contribution >= 4 is 5.97 Å². The third-order valence-corrected chi connectivity index (χ3v) is 3.96. The fourth-order valence-electron chi connectivity index (χ4n) is 3.05. The molecular weight excluding hydrogens is 192 g/mol. The molecule has 2 heterocycles. The summed E-state index contributed by atoms with van der Waals surface area (Å²) >= 11 is 0. The van der Waals surface area contributed by atoms with Crippen LogP contribution in [-0.4, -0.2) is 23.3 Å². The summed E-state index contributed by atoms with van der Waals surface area (Å²) in [5.41, 5.74) is -0.340. The topological polar surface area (TPSA) is 35.5 Å². The number of fused-ring (bicyclic) bond motifs is 3. The van der Waals surface area contributed by atoms with Crippen molar-refractivity contribution in [3.63, 3.8) is 0 Å². The average molecular weight is 212 g/mol. The molecule has 2 bridgehead atoms. The first-order valence-electron chi connectivity index (χ1n) is 5.71. The van der Waals surface area contributed by atoms with Gasteiger partial charge in [0.1, 0.15) is 11.7 Å². The molecule has 2 aliphatic heterocycles. The summed E-state index contributed by atoms with van der Waals surface area (Å²) in [6, 6.07) is 0. The Morgan fingerprint density at radius 1 is 1.40 bits per heavy atom. The van der Waals surface area contributed by atoms with Crippen LogP contribution in [0.1, 0.15) is 47.0 Å². The molecule has 15 heavy (non-hydrogen) atoms. The maximum atomic E-state index is 11.0. The van der Waals surface area contributed by atoms with Crippen LogP contribution in [-0.2, 0) is 14.3 Å². The molecule has 3 aliphatic rings. The van der Waals surface area contributed by atoms with Crippen LogP contribution in [0.25, 0.3) is 0 Å². The molecule has 3 rings (SSSR count). The van der Waals surface area contributed by atoms with Crippen LogP contribution >= 0.6 is 0 Å². The van der Waals surface area contributed by atoms with Gasteiger partial charge in [-0.2, -0.15) is 0 Å². The van der Waals surface area contributed by atoms with Crippen molar-refractivity contribution in [1.82, 2.24) is 0 Å². The zero-order chi connectivity index (χ0) is 11.3. The fraction of sp³-hybridized carbons (Fsp3) is 0.917. The molecule has 0 aromatic heterocycles. The van der Waals surface area contributed by atoms with Crippen molar-refractivity contribution in [3.05, 3.63) is 0 Å². The second-order valence-corrected chi connectivity index (χ2v) is 5.59. The third-order valence-electron chi connectivity index (χ3n) is 3.96. The normalized spacial score (nSPS) is 42.7. The van der Waals surface area contributed by atoms with E-state index in [0.717, 1.165) is 12.8 Å². The van der Waals surface area contributed by atoms with Crippen molar-refractivity contribution in [1.29, 1.82) is 0 Å². The minimum atomic E-state index is -0.274. The zero-order valence-corrected chi connectivity index (χ0v) is 10.0. The van der Waals surface area contributed by atoms with Crippen LogP contribution in [0.15, 0.2) is 0 Å². The molecule has 86 valence electrons. The van der Waals surface area contributed by atoms with Crippen LogP contribution in [0.2, 0.25) is 0 Å². The highest BCUT2D eigenvalue weighted by Crippen LogP contribution is 2.50. The van der Waals surface area contributed by atoms with Gasteiger partial charge in [-0.25, -0.2) is 0 Å². The monoisotopic (exact) mass is 212 g/mol. The van der Waals surface area contributed by atoms with Gasteiger partial charge in [-0.1, -0.05) is 0 Å². The third kappa shape index (κ3) is 1.78. The highest BCUT2D eigenvalue weighted by atomic mass is 16.6. The molecule has 2 saturated heterocycles. The molecule has 0 aromatic rings. The van der Waals surface area contributed by atoms with E-state index in [1.807, 2.05) is 0 Å². The van der Waals surface area contributed by atoms with E-state index in [2.05, 4.69) is 20.8 Å². The lowest BCUT2D eigenvalue weighted by atomic mass is 9.67. The zero-order valence-electron chi connectivity index (χ0n) is 10.0. The first-order valence-corrected chi connectivity index (χ1v) is 5.71. The average Bonchev–Trinajstić information content (AvgIpc) is 2.04. The number of ether oxygens (including phenoxy) is 2. The number of carbonyl (C=O) groups excluding carboxylic acids is 1. The van der Waals surface area contributed by atoms with Gasteiger partial charge in [0, 0.05) is 6.92 Å². The number of hydrogen-bond acceptors (Lipinski definition) is 3. The van der Waals surface area contributed by atoms with Crippen LogP contribution in [0, 0.1) is 5.92 Å². The lowest BCUT2D eigenvalue weighted by Gasteiger charge is -2.56. The Labute approximate surface area is 91.1 Å². The Morgan fingerprint density at radius 3 is 2.53 bits per heavy atom. The molecule has 3 heteroatoms. The van der Waals surface area contributed by atoms with E-state index in [1.165, 1.54) is 13.3 Å². The summed E-state index contributed by atoms with van der Waals surface area (Å²) in [5, 5.41) is 0. The number of esters is 1. The molecule has 0 unspecified atom stereocenters. The molecule has 3 nitrogen and oxygen atoms in total. The van der Waals surface area contributed by atoms with Crippen LogP contribution in [0.5, 0.6) is 0 Å². The van der Waals surface area contributed by atoms with E-state index in [-0.39, 0.29) is 23.3 Å². The standard InChI is InChI=1S/C12H20O3/c1-8(13)14-10-7-9-5-6-12(10,4)15-11(9,2)3/h9-10H,5-7H2,1-4H3/t9-,10-,12-/m0/s1. The summed E-state index contributed by atoms with van der Waals surface area (Å²) in [6.07, 6.45) is 3.07. The minimum Gasteiger partial charge on any atom is -0.459 e. The van der Waals surface area contributed by atoms with Crippen molar-refractivity contribution < 1.29 is 14.3 Å². The molecule has 1 saturated carbocycles. The lowest BCUT2D eigenvalue weighted by molar-refractivity contribution is -0.277. The summed E-state index contributed by atoms with van der Waals surface area (Å²) in [7, 11) is 0. The first-order chi connectivity index (χ1) is 6.83. The molecule has 0 spiro atoms. The summed E-state index contributed by atoms with van der Waals surface area (Å²) in [4.78, 5) is 11.0. The molecule has 3 atom stereocenters. The van der Waals surface area contributed by atoms with Crippen molar-refractivity contribution in [2.75, 3.05) is 0 Å². The van der Waals surface area contributed by atoms with E-state index in [1.54, 1.807) is 0 Å². The van der Waals surface area contributed by atoms with Gasteiger partial charge in [0.25, 0.3) is 0 Å². The Kier molecular flexibility index (Phi) is 2.34. The van der Waals surface area contributed by atoms with Gasteiger partial charge in [0.05, 0.1) is 5.60 Å². The highest BCUT2D eigenvalue weighted by molar-refractivity contribution is 5.66. The van der Waals surface area contributed by atoms with Crippen molar-refractivity contribution in [2.24, 2.45) is 5.92 Å². The molecule has 1 aliphatic carbocycles. The molecule has 0 aromatic carbocycles. The fourth-order valence-corrected chi connectivity index (χ4v) is 3.05. The summed E-state index contributed by atoms with van der Waals surface area (Å²) in [6.45, 7) is 7.81. The van der Waals surface area contributed by atoms with Gasteiger partial charge >= 0.3 is 5.97 Å². The predicted molar refractivity (Wildman–Crippen MR) is 56.5 cm³/mol. The Morgan fingerprint density at radius 2 is 2.07 bits per heavy atom. The summed E-state index contributed by atoms with van der Waals surface area (Å²) in [5.74, 6) is 0.318. The maximum Gasteiger partial charge on any atom is 0.303 e. The molecule has 0 radical (unpaired) electrons. The second-order valence-electron chi connectivity index (χ2n) is 5.59. The van der Waals surface area contributed by atoms with E-state index in [0.29, 0.717) is 5.92 Å². The lowest BCUT2D eigenvalue weighted by Crippen LogP contribution is -2.62. The quantitative estimate of drug-likeness (QED) is 0.625. The van der Waals surface area contributed by atoms with Crippen molar-refractivity contribution in [2.45, 2.75) is 64.3 Å². The SMILES string of the molecule is CC(=O)O[C@H]1C[C@@H]2CC[C@]1(C)OC2(C)C.